The maximum Gasteiger partial charge on any atom is 0.343 e. The van der Waals surface area contributed by atoms with E-state index in [0.717, 1.165) is 11.0 Å². The number of hydrogen-bond donors (Lipinski definition) is 0. The summed E-state index contributed by atoms with van der Waals surface area (Å²) in [7, 11) is 0. The van der Waals surface area contributed by atoms with Gasteiger partial charge in [-0.1, -0.05) is 29.8 Å². The monoisotopic (exact) mass is 422 g/mol. The van der Waals surface area contributed by atoms with E-state index in [0.29, 0.717) is 11.1 Å². The van der Waals surface area contributed by atoms with Crippen LogP contribution in [0.25, 0.3) is 0 Å². The summed E-state index contributed by atoms with van der Waals surface area (Å²) >= 11 is 5.75. The molecule has 8 nitrogen and oxygen atoms in total. The third kappa shape index (κ3) is 3.29. The average Bonchev–Trinajstić information content (AvgIpc) is 2.99. The fourth-order valence-electron chi connectivity index (χ4n) is 3.06. The Morgan fingerprint density at radius 3 is 2.23 bits per heavy atom. The fraction of sp³-hybridized carbons (Fsp3) is 0. The van der Waals surface area contributed by atoms with E-state index < -0.39 is 28.4 Å². The Balaban J connectivity index is 1.60. The number of rotatable bonds is 4. The standard InChI is InChI=1S/C21H11ClN2O6/c22-17-9-8-12(10-18(17)24(28)29)21(27)30-14-5-3-4-13(11-14)23-19(25)15-6-1-2-7-16(15)20(23)26/h1-11H. The molecular weight excluding hydrogens is 412 g/mol. The van der Waals surface area contributed by atoms with Gasteiger partial charge in [-0.15, -0.1) is 0 Å². The Hall–Kier alpha value is -4.04. The van der Waals surface area contributed by atoms with Crippen molar-refractivity contribution in [3.8, 4) is 5.75 Å². The number of imide groups is 1. The normalized spacial score (nSPS) is 12.6. The van der Waals surface area contributed by atoms with Gasteiger partial charge in [0.05, 0.1) is 27.3 Å². The largest absolute Gasteiger partial charge is 0.423 e. The van der Waals surface area contributed by atoms with Crippen LogP contribution in [0.2, 0.25) is 5.02 Å². The van der Waals surface area contributed by atoms with Crippen molar-refractivity contribution in [3.63, 3.8) is 0 Å². The number of amides is 2. The van der Waals surface area contributed by atoms with Crippen molar-refractivity contribution in [2.75, 3.05) is 4.90 Å². The van der Waals surface area contributed by atoms with E-state index in [1.807, 2.05) is 0 Å². The zero-order valence-electron chi connectivity index (χ0n) is 15.1. The number of nitro benzene ring substituents is 1. The third-order valence-electron chi connectivity index (χ3n) is 4.46. The SMILES string of the molecule is O=C(Oc1cccc(N2C(=O)c3ccccc3C2=O)c1)c1ccc(Cl)c([N+](=O)[O-])c1. The number of benzene rings is 3. The molecule has 148 valence electrons. The summed E-state index contributed by atoms with van der Waals surface area (Å²) in [6.45, 7) is 0. The molecule has 2 amide bonds. The van der Waals surface area contributed by atoms with E-state index in [9.17, 15) is 24.5 Å². The molecule has 0 aliphatic carbocycles. The fourth-order valence-corrected chi connectivity index (χ4v) is 3.24. The zero-order valence-corrected chi connectivity index (χ0v) is 15.8. The van der Waals surface area contributed by atoms with Gasteiger partial charge in [0.15, 0.2) is 0 Å². The van der Waals surface area contributed by atoms with Crippen LogP contribution in [-0.4, -0.2) is 22.7 Å². The number of anilines is 1. The van der Waals surface area contributed by atoms with Crippen molar-refractivity contribution >= 4 is 40.8 Å². The lowest BCUT2D eigenvalue weighted by Gasteiger charge is -2.15. The van der Waals surface area contributed by atoms with Crippen LogP contribution in [-0.2, 0) is 0 Å². The lowest BCUT2D eigenvalue weighted by molar-refractivity contribution is -0.384. The molecule has 1 heterocycles. The van der Waals surface area contributed by atoms with Gasteiger partial charge in [0.1, 0.15) is 10.8 Å². The van der Waals surface area contributed by atoms with E-state index in [-0.39, 0.29) is 22.0 Å². The molecular formula is C21H11ClN2O6. The molecule has 0 unspecified atom stereocenters. The van der Waals surface area contributed by atoms with Gasteiger partial charge in [-0.2, -0.15) is 0 Å². The Bertz CT molecular complexity index is 1200. The number of esters is 1. The second-order valence-electron chi connectivity index (χ2n) is 6.30. The highest BCUT2D eigenvalue weighted by Crippen LogP contribution is 2.31. The van der Waals surface area contributed by atoms with Crippen molar-refractivity contribution in [2.24, 2.45) is 0 Å². The lowest BCUT2D eigenvalue weighted by atomic mass is 10.1. The van der Waals surface area contributed by atoms with Crippen LogP contribution in [0, 0.1) is 10.1 Å². The molecule has 3 aromatic carbocycles. The molecule has 9 heteroatoms. The Kier molecular flexibility index (Phi) is 4.77. The van der Waals surface area contributed by atoms with Crippen LogP contribution in [0.5, 0.6) is 5.75 Å². The number of ether oxygens (including phenoxy) is 1. The number of hydrogen-bond acceptors (Lipinski definition) is 6. The van der Waals surface area contributed by atoms with Crippen molar-refractivity contribution < 1.29 is 24.0 Å². The summed E-state index contributed by atoms with van der Waals surface area (Å²) in [5, 5.41) is 10.9. The number of nitro groups is 1. The van der Waals surface area contributed by atoms with Gasteiger partial charge in [-0.3, -0.25) is 19.7 Å². The first kappa shape index (κ1) is 19.3. The molecule has 3 aromatic rings. The average molecular weight is 423 g/mol. The topological polar surface area (TPSA) is 107 Å². The summed E-state index contributed by atoms with van der Waals surface area (Å²) in [5.41, 5.74) is 0.313. The van der Waals surface area contributed by atoms with Crippen LogP contribution in [0.1, 0.15) is 31.1 Å². The van der Waals surface area contributed by atoms with Crippen LogP contribution in [0.3, 0.4) is 0 Å². The highest BCUT2D eigenvalue weighted by Gasteiger charge is 2.36. The van der Waals surface area contributed by atoms with Crippen LogP contribution < -0.4 is 9.64 Å². The molecule has 30 heavy (non-hydrogen) atoms. The van der Waals surface area contributed by atoms with Crippen molar-refractivity contribution in [2.45, 2.75) is 0 Å². The summed E-state index contributed by atoms with van der Waals surface area (Å²) in [6, 6.07) is 15.9. The van der Waals surface area contributed by atoms with Gasteiger partial charge >= 0.3 is 5.97 Å². The Morgan fingerprint density at radius 1 is 0.933 bits per heavy atom. The molecule has 1 aliphatic heterocycles. The van der Waals surface area contributed by atoms with E-state index >= 15 is 0 Å². The second kappa shape index (κ2) is 7.41. The van der Waals surface area contributed by atoms with Gasteiger partial charge < -0.3 is 4.74 Å². The minimum absolute atomic E-state index is 0.0617. The van der Waals surface area contributed by atoms with Crippen LogP contribution in [0.15, 0.2) is 66.7 Å². The Labute approximate surface area is 174 Å². The van der Waals surface area contributed by atoms with Gasteiger partial charge in [-0.05, 0) is 36.4 Å². The smallest absolute Gasteiger partial charge is 0.343 e. The quantitative estimate of drug-likeness (QED) is 0.204. The molecule has 0 N–H and O–H groups in total. The molecule has 4 rings (SSSR count). The summed E-state index contributed by atoms with van der Waals surface area (Å²) in [5.74, 6) is -1.75. The van der Waals surface area contributed by atoms with Crippen molar-refractivity contribution in [1.29, 1.82) is 0 Å². The van der Waals surface area contributed by atoms with E-state index in [1.54, 1.807) is 24.3 Å². The van der Waals surface area contributed by atoms with E-state index in [4.69, 9.17) is 16.3 Å². The molecule has 0 saturated heterocycles. The van der Waals surface area contributed by atoms with Crippen molar-refractivity contribution in [1.82, 2.24) is 0 Å². The minimum atomic E-state index is -0.853. The van der Waals surface area contributed by atoms with Gasteiger partial charge in [0, 0.05) is 12.1 Å². The molecule has 0 aromatic heterocycles. The van der Waals surface area contributed by atoms with Gasteiger partial charge in [-0.25, -0.2) is 9.69 Å². The summed E-state index contributed by atoms with van der Waals surface area (Å²) in [6.07, 6.45) is 0. The summed E-state index contributed by atoms with van der Waals surface area (Å²) in [4.78, 5) is 48.9. The first-order chi connectivity index (χ1) is 14.4. The molecule has 0 radical (unpaired) electrons. The minimum Gasteiger partial charge on any atom is -0.423 e. The summed E-state index contributed by atoms with van der Waals surface area (Å²) < 4.78 is 5.27. The first-order valence-electron chi connectivity index (χ1n) is 8.61. The molecule has 0 saturated carbocycles. The number of carbonyl (C=O) groups is 3. The molecule has 0 atom stereocenters. The van der Waals surface area contributed by atoms with Crippen LogP contribution >= 0.6 is 11.6 Å². The third-order valence-corrected chi connectivity index (χ3v) is 4.78. The zero-order chi connectivity index (χ0) is 21.4. The number of halogens is 1. The molecule has 1 aliphatic rings. The van der Waals surface area contributed by atoms with E-state index in [2.05, 4.69) is 0 Å². The lowest BCUT2D eigenvalue weighted by Crippen LogP contribution is -2.29. The van der Waals surface area contributed by atoms with Crippen molar-refractivity contribution in [3.05, 3.63) is 98.6 Å². The second-order valence-corrected chi connectivity index (χ2v) is 6.71. The van der Waals surface area contributed by atoms with E-state index in [1.165, 1.54) is 36.4 Å². The van der Waals surface area contributed by atoms with Gasteiger partial charge in [0.25, 0.3) is 17.5 Å². The molecule has 0 bridgehead atoms. The first-order valence-corrected chi connectivity index (χ1v) is 8.98. The molecule has 0 spiro atoms. The maximum atomic E-state index is 12.6. The Morgan fingerprint density at radius 2 is 1.60 bits per heavy atom. The highest BCUT2D eigenvalue weighted by molar-refractivity contribution is 6.34. The number of fused-ring (bicyclic) bond motifs is 1. The maximum absolute atomic E-state index is 12.6. The molecule has 0 fully saturated rings. The highest BCUT2D eigenvalue weighted by atomic mass is 35.5. The van der Waals surface area contributed by atoms with Gasteiger partial charge in [0.2, 0.25) is 0 Å². The number of nitrogens with zero attached hydrogens (tertiary/aromatic N) is 2. The number of carbonyl (C=O) groups excluding carboxylic acids is 3. The predicted octanol–water partition coefficient (Wildman–Crippen LogP) is 4.27. The van der Waals surface area contributed by atoms with Crippen LogP contribution in [0.4, 0.5) is 11.4 Å². The predicted molar refractivity (Wildman–Crippen MR) is 107 cm³/mol.